The molecule has 128 valence electrons. The van der Waals surface area contributed by atoms with Crippen LogP contribution in [0.4, 0.5) is 0 Å². The van der Waals surface area contributed by atoms with Crippen molar-refractivity contribution >= 4 is 27.2 Å². The second kappa shape index (κ2) is 7.27. The molecule has 3 rings (SSSR count). The van der Waals surface area contributed by atoms with Crippen LogP contribution in [0, 0.1) is 5.41 Å². The van der Waals surface area contributed by atoms with Gasteiger partial charge >= 0.3 is 0 Å². The standard InChI is InChI=1S/C17H15N3O4S/c1-22-15-7-12-13(8-16(15)23-2)19-6-5-14(12)24-11-3-4-17(20-9-11)25(21)10-18/h3-10,18H,1-2H3. The van der Waals surface area contributed by atoms with E-state index in [0.717, 1.165) is 10.9 Å². The highest BCUT2D eigenvalue weighted by atomic mass is 32.2. The van der Waals surface area contributed by atoms with E-state index < -0.39 is 10.8 Å². The van der Waals surface area contributed by atoms with Gasteiger partial charge < -0.3 is 14.2 Å². The number of fused-ring (bicyclic) bond motifs is 1. The lowest BCUT2D eigenvalue weighted by atomic mass is 10.2. The Bertz CT molecular complexity index is 945. The number of pyridine rings is 2. The van der Waals surface area contributed by atoms with Crippen LogP contribution in [-0.2, 0) is 10.8 Å². The molecule has 0 aliphatic carbocycles. The predicted molar refractivity (Wildman–Crippen MR) is 94.4 cm³/mol. The Labute approximate surface area is 146 Å². The quantitative estimate of drug-likeness (QED) is 0.538. The number of aromatic nitrogens is 2. The van der Waals surface area contributed by atoms with Gasteiger partial charge in [0.1, 0.15) is 27.3 Å². The molecule has 0 saturated carbocycles. The zero-order valence-corrected chi connectivity index (χ0v) is 14.4. The van der Waals surface area contributed by atoms with Gasteiger partial charge in [0.2, 0.25) is 0 Å². The van der Waals surface area contributed by atoms with Gasteiger partial charge in [-0.1, -0.05) is 0 Å². The minimum Gasteiger partial charge on any atom is -0.493 e. The van der Waals surface area contributed by atoms with Gasteiger partial charge in [0, 0.05) is 17.6 Å². The molecule has 3 aromatic rings. The third-order valence-corrected chi connectivity index (χ3v) is 4.32. The highest BCUT2D eigenvalue weighted by Crippen LogP contribution is 2.36. The molecule has 1 atom stereocenters. The largest absolute Gasteiger partial charge is 0.493 e. The van der Waals surface area contributed by atoms with E-state index in [-0.39, 0.29) is 0 Å². The van der Waals surface area contributed by atoms with Crippen molar-refractivity contribution in [3.63, 3.8) is 0 Å². The maximum Gasteiger partial charge on any atom is 0.162 e. The molecule has 0 aliphatic heterocycles. The van der Waals surface area contributed by atoms with Gasteiger partial charge in [0.25, 0.3) is 0 Å². The molecule has 1 aromatic carbocycles. The average molecular weight is 357 g/mol. The zero-order chi connectivity index (χ0) is 17.8. The molecule has 0 bridgehead atoms. The molecule has 25 heavy (non-hydrogen) atoms. The summed E-state index contributed by atoms with van der Waals surface area (Å²) < 4.78 is 28.0. The maximum absolute atomic E-state index is 11.5. The van der Waals surface area contributed by atoms with E-state index in [1.54, 1.807) is 50.7 Å². The van der Waals surface area contributed by atoms with Crippen LogP contribution in [0.3, 0.4) is 0 Å². The fraction of sp³-hybridized carbons (Fsp3) is 0.118. The van der Waals surface area contributed by atoms with Crippen molar-refractivity contribution in [2.45, 2.75) is 5.03 Å². The second-order valence-electron chi connectivity index (χ2n) is 4.88. The molecule has 2 aromatic heterocycles. The molecule has 0 amide bonds. The van der Waals surface area contributed by atoms with E-state index >= 15 is 0 Å². The third-order valence-electron chi connectivity index (χ3n) is 3.46. The number of methoxy groups -OCH3 is 2. The van der Waals surface area contributed by atoms with Crippen molar-refractivity contribution in [1.82, 2.24) is 9.97 Å². The molecule has 1 N–H and O–H groups in total. The van der Waals surface area contributed by atoms with Crippen LogP contribution in [0.2, 0.25) is 0 Å². The average Bonchev–Trinajstić information content (AvgIpc) is 2.67. The molecule has 8 heteroatoms. The number of nitrogens with one attached hydrogen (secondary N) is 1. The lowest BCUT2D eigenvalue weighted by molar-refractivity contribution is 0.355. The van der Waals surface area contributed by atoms with Gasteiger partial charge in [-0.2, -0.15) is 0 Å². The Kier molecular flexibility index (Phi) is 4.90. The number of nitrogens with zero attached hydrogens (tertiary/aromatic N) is 2. The summed E-state index contributed by atoms with van der Waals surface area (Å²) in [5.74, 6) is 2.21. The van der Waals surface area contributed by atoms with Gasteiger partial charge in [0.05, 0.1) is 31.5 Å². The minimum atomic E-state index is -1.54. The molecule has 0 spiro atoms. The van der Waals surface area contributed by atoms with Gasteiger partial charge in [-0.25, -0.2) is 9.19 Å². The fourth-order valence-electron chi connectivity index (χ4n) is 2.27. The molecule has 0 aliphatic rings. The van der Waals surface area contributed by atoms with Crippen LogP contribution in [0.1, 0.15) is 0 Å². The van der Waals surface area contributed by atoms with Crippen molar-refractivity contribution in [2.75, 3.05) is 14.2 Å². The van der Waals surface area contributed by atoms with Crippen molar-refractivity contribution in [1.29, 1.82) is 5.41 Å². The molecule has 0 fully saturated rings. The smallest absolute Gasteiger partial charge is 0.162 e. The Morgan fingerprint density at radius 2 is 1.80 bits per heavy atom. The fourth-order valence-corrected chi connectivity index (χ4v) is 2.75. The van der Waals surface area contributed by atoms with E-state index in [0.29, 0.717) is 33.5 Å². The highest BCUT2D eigenvalue weighted by molar-refractivity contribution is 7.98. The van der Waals surface area contributed by atoms with Crippen molar-refractivity contribution in [2.24, 2.45) is 0 Å². The molecule has 7 nitrogen and oxygen atoms in total. The van der Waals surface area contributed by atoms with Crippen LogP contribution < -0.4 is 14.2 Å². The van der Waals surface area contributed by atoms with Crippen LogP contribution in [0.25, 0.3) is 10.9 Å². The third kappa shape index (κ3) is 3.43. The Morgan fingerprint density at radius 1 is 1.04 bits per heavy atom. The summed E-state index contributed by atoms with van der Waals surface area (Å²) >= 11 is 0. The molecule has 1 unspecified atom stereocenters. The maximum atomic E-state index is 11.5. The monoisotopic (exact) mass is 357 g/mol. The predicted octanol–water partition coefficient (Wildman–Crippen LogP) is 3.15. The summed E-state index contributed by atoms with van der Waals surface area (Å²) in [4.78, 5) is 8.37. The molecule has 2 heterocycles. The number of benzene rings is 1. The van der Waals surface area contributed by atoms with E-state index in [9.17, 15) is 4.21 Å². The minimum absolute atomic E-state index is 0.299. The second-order valence-corrected chi connectivity index (χ2v) is 6.13. The van der Waals surface area contributed by atoms with Gasteiger partial charge in [0.15, 0.2) is 11.5 Å². The lowest BCUT2D eigenvalue weighted by Gasteiger charge is -2.12. The first-order chi connectivity index (χ1) is 12.2. The molecular formula is C17H15N3O4S. The van der Waals surface area contributed by atoms with E-state index in [1.807, 2.05) is 0 Å². The number of hydrogen-bond donors (Lipinski definition) is 1. The van der Waals surface area contributed by atoms with E-state index in [1.165, 1.54) is 6.20 Å². The highest BCUT2D eigenvalue weighted by Gasteiger charge is 2.11. The zero-order valence-electron chi connectivity index (χ0n) is 13.6. The van der Waals surface area contributed by atoms with Crippen LogP contribution >= 0.6 is 0 Å². The number of hydrogen-bond acceptors (Lipinski definition) is 7. The van der Waals surface area contributed by atoms with E-state index in [2.05, 4.69) is 9.97 Å². The first-order valence-corrected chi connectivity index (χ1v) is 8.43. The SMILES string of the molecule is COc1cc2nccc(Oc3ccc(S(=O)C=N)nc3)c2cc1OC. The van der Waals surface area contributed by atoms with Crippen molar-refractivity contribution in [3.8, 4) is 23.0 Å². The summed E-state index contributed by atoms with van der Waals surface area (Å²) in [5.41, 5.74) is 1.53. The molecule has 0 saturated heterocycles. The molecular weight excluding hydrogens is 342 g/mol. The molecule has 0 radical (unpaired) electrons. The van der Waals surface area contributed by atoms with Gasteiger partial charge in [-0.05, 0) is 24.3 Å². The van der Waals surface area contributed by atoms with Gasteiger partial charge in [-0.3, -0.25) is 10.4 Å². The van der Waals surface area contributed by atoms with E-state index in [4.69, 9.17) is 19.6 Å². The van der Waals surface area contributed by atoms with Crippen LogP contribution in [-0.4, -0.2) is 33.9 Å². The number of rotatable bonds is 6. The van der Waals surface area contributed by atoms with Crippen LogP contribution in [0.15, 0.2) is 47.8 Å². The first-order valence-electron chi connectivity index (χ1n) is 7.22. The van der Waals surface area contributed by atoms with Crippen molar-refractivity contribution in [3.05, 3.63) is 42.7 Å². The Hall–Kier alpha value is -3.00. The summed E-state index contributed by atoms with van der Waals surface area (Å²) in [6, 6.07) is 8.51. The normalized spacial score (nSPS) is 11.8. The van der Waals surface area contributed by atoms with Gasteiger partial charge in [-0.15, -0.1) is 0 Å². The lowest BCUT2D eigenvalue weighted by Crippen LogP contribution is -1.96. The van der Waals surface area contributed by atoms with Crippen LogP contribution in [0.5, 0.6) is 23.0 Å². The topological polar surface area (TPSA) is 94.4 Å². The summed E-state index contributed by atoms with van der Waals surface area (Å²) in [6.45, 7) is 0. The summed E-state index contributed by atoms with van der Waals surface area (Å²) in [5, 5.41) is 8.07. The van der Waals surface area contributed by atoms with Crippen molar-refractivity contribution < 1.29 is 18.4 Å². The Balaban J connectivity index is 1.98. The summed E-state index contributed by atoms with van der Waals surface area (Å²) in [7, 11) is 1.59. The Morgan fingerprint density at radius 3 is 2.44 bits per heavy atom. The first kappa shape index (κ1) is 16.8. The summed E-state index contributed by atoms with van der Waals surface area (Å²) in [6.07, 6.45) is 3.10. The number of ether oxygens (including phenoxy) is 3.